The highest BCUT2D eigenvalue weighted by atomic mass is 19.2. The fourth-order valence-corrected chi connectivity index (χ4v) is 4.58. The summed E-state index contributed by atoms with van der Waals surface area (Å²) >= 11 is 0. The number of benzene rings is 1. The molecule has 2 saturated carbocycles. The first kappa shape index (κ1) is 20.5. The summed E-state index contributed by atoms with van der Waals surface area (Å²) in [6, 6.07) is 6.37. The molecule has 0 N–H and O–H groups in total. The van der Waals surface area contributed by atoms with Crippen molar-refractivity contribution in [2.75, 3.05) is 0 Å². The fourth-order valence-electron chi connectivity index (χ4n) is 4.58. The maximum atomic E-state index is 13.5. The van der Waals surface area contributed by atoms with Gasteiger partial charge < -0.3 is 0 Å². The number of rotatable bonds is 5. The smallest absolute Gasteiger partial charge is 0.159 e. The largest absolute Gasteiger partial charge is 0.204 e. The van der Waals surface area contributed by atoms with Gasteiger partial charge in [-0.1, -0.05) is 36.4 Å². The van der Waals surface area contributed by atoms with Crippen molar-refractivity contribution in [1.82, 2.24) is 0 Å². The van der Waals surface area contributed by atoms with Crippen molar-refractivity contribution in [1.29, 1.82) is 5.26 Å². The van der Waals surface area contributed by atoms with Gasteiger partial charge in [0.25, 0.3) is 0 Å². The third kappa shape index (κ3) is 5.89. The Kier molecular flexibility index (Phi) is 7.60. The van der Waals surface area contributed by atoms with Gasteiger partial charge in [0.15, 0.2) is 11.6 Å². The lowest BCUT2D eigenvalue weighted by atomic mass is 9.77. The summed E-state index contributed by atoms with van der Waals surface area (Å²) in [5.74, 6) is 0.811. The van der Waals surface area contributed by atoms with Crippen LogP contribution in [-0.4, -0.2) is 0 Å². The molecule has 0 atom stereocenters. The average molecular weight is 382 g/mol. The number of allylic oxidation sites excluding steroid dienone is 6. The van der Waals surface area contributed by atoms with Crippen LogP contribution in [0.4, 0.5) is 8.78 Å². The van der Waals surface area contributed by atoms with Crippen LogP contribution in [0.5, 0.6) is 0 Å². The molecule has 1 nitrogen and oxygen atoms in total. The second-order valence-electron chi connectivity index (χ2n) is 8.22. The summed E-state index contributed by atoms with van der Waals surface area (Å²) in [5, 5.41) is 8.49. The summed E-state index contributed by atoms with van der Waals surface area (Å²) in [6.45, 7) is 0. The Bertz CT molecular complexity index is 755. The van der Waals surface area contributed by atoms with E-state index in [4.69, 9.17) is 5.26 Å². The number of halogens is 2. The van der Waals surface area contributed by atoms with Gasteiger partial charge in [-0.3, -0.25) is 0 Å². The standard InChI is InChI=1S/C25H29F2N/c26-24-16-15-23(18-25(24)27)22-13-11-21(12-14-22)10-9-20-7-5-19(6-8-20)4-2-1-3-17-28/h1-4,9-10,15-16,18-22H,5-8,11-14H2/t19-,20-,21-,22-. The Hall–Kier alpha value is -2.21. The average Bonchev–Trinajstić information content (AvgIpc) is 2.73. The van der Waals surface area contributed by atoms with Crippen LogP contribution in [0.1, 0.15) is 62.8 Å². The Balaban J connectivity index is 1.41. The quantitative estimate of drug-likeness (QED) is 0.300. The summed E-state index contributed by atoms with van der Waals surface area (Å²) in [6.07, 6.45) is 21.6. The van der Waals surface area contributed by atoms with Crippen molar-refractivity contribution in [3.05, 3.63) is 71.9 Å². The number of hydrogen-bond donors (Lipinski definition) is 0. The highest BCUT2D eigenvalue weighted by molar-refractivity contribution is 5.22. The molecule has 0 saturated heterocycles. The lowest BCUT2D eigenvalue weighted by Gasteiger charge is -2.28. The molecule has 0 radical (unpaired) electrons. The van der Waals surface area contributed by atoms with Gasteiger partial charge in [0.1, 0.15) is 0 Å². The SMILES string of the molecule is N#CC=CC=C[C@H]1CC[C@H](C=C[C@H]2CC[C@H](c3ccc(F)c(F)c3)CC2)CC1. The van der Waals surface area contributed by atoms with Gasteiger partial charge in [-0.15, -0.1) is 0 Å². The molecule has 1 aromatic rings. The molecule has 0 bridgehead atoms. The van der Waals surface area contributed by atoms with Crippen LogP contribution < -0.4 is 0 Å². The van der Waals surface area contributed by atoms with Crippen LogP contribution in [0.2, 0.25) is 0 Å². The first-order valence-electron chi connectivity index (χ1n) is 10.5. The minimum atomic E-state index is -0.760. The second kappa shape index (κ2) is 10.4. The van der Waals surface area contributed by atoms with Gasteiger partial charge in [0.05, 0.1) is 6.07 Å². The van der Waals surface area contributed by atoms with E-state index in [0.717, 1.165) is 31.2 Å². The zero-order chi connectivity index (χ0) is 19.8. The van der Waals surface area contributed by atoms with Crippen LogP contribution in [0, 0.1) is 40.7 Å². The minimum absolute atomic E-state index is 0.358. The molecule has 2 aliphatic rings. The van der Waals surface area contributed by atoms with E-state index >= 15 is 0 Å². The number of nitriles is 1. The molecule has 0 aromatic heterocycles. The molecule has 0 amide bonds. The van der Waals surface area contributed by atoms with Gasteiger partial charge in [-0.05, 0) is 92.7 Å². The zero-order valence-corrected chi connectivity index (χ0v) is 16.4. The first-order chi connectivity index (χ1) is 13.7. The molecule has 1 aromatic carbocycles. The van der Waals surface area contributed by atoms with E-state index in [1.807, 2.05) is 18.2 Å². The lowest BCUT2D eigenvalue weighted by molar-refractivity contribution is 0.348. The van der Waals surface area contributed by atoms with Gasteiger partial charge in [0.2, 0.25) is 0 Å². The van der Waals surface area contributed by atoms with Crippen LogP contribution in [0.3, 0.4) is 0 Å². The molecule has 3 rings (SSSR count). The van der Waals surface area contributed by atoms with Crippen molar-refractivity contribution < 1.29 is 8.78 Å². The molecule has 2 aliphatic carbocycles. The highest BCUT2D eigenvalue weighted by Crippen LogP contribution is 2.37. The van der Waals surface area contributed by atoms with Crippen LogP contribution in [0.15, 0.2) is 54.7 Å². The van der Waals surface area contributed by atoms with E-state index in [0.29, 0.717) is 23.7 Å². The third-order valence-corrected chi connectivity index (χ3v) is 6.32. The van der Waals surface area contributed by atoms with Crippen LogP contribution in [-0.2, 0) is 0 Å². The maximum absolute atomic E-state index is 13.5. The Morgan fingerprint density at radius 1 is 0.750 bits per heavy atom. The van der Waals surface area contributed by atoms with Crippen LogP contribution >= 0.6 is 0 Å². The van der Waals surface area contributed by atoms with Crippen molar-refractivity contribution >= 4 is 0 Å². The molecule has 3 heteroatoms. The predicted molar refractivity (Wildman–Crippen MR) is 110 cm³/mol. The van der Waals surface area contributed by atoms with Gasteiger partial charge in [0, 0.05) is 6.08 Å². The van der Waals surface area contributed by atoms with Crippen molar-refractivity contribution in [2.24, 2.45) is 17.8 Å². The Labute approximate surface area is 167 Å². The zero-order valence-electron chi connectivity index (χ0n) is 16.4. The summed E-state index contributed by atoms with van der Waals surface area (Å²) in [5.41, 5.74) is 0.942. The third-order valence-electron chi connectivity index (χ3n) is 6.32. The van der Waals surface area contributed by atoms with E-state index in [-0.39, 0.29) is 0 Å². The highest BCUT2D eigenvalue weighted by Gasteiger charge is 2.23. The summed E-state index contributed by atoms with van der Waals surface area (Å²) in [4.78, 5) is 0. The second-order valence-corrected chi connectivity index (χ2v) is 8.22. The van der Waals surface area contributed by atoms with Gasteiger partial charge in [-0.2, -0.15) is 5.26 Å². The molecular weight excluding hydrogens is 352 g/mol. The molecule has 28 heavy (non-hydrogen) atoms. The van der Waals surface area contributed by atoms with Crippen molar-refractivity contribution in [3.63, 3.8) is 0 Å². The van der Waals surface area contributed by atoms with E-state index in [2.05, 4.69) is 18.2 Å². The molecule has 2 fully saturated rings. The topological polar surface area (TPSA) is 23.8 Å². The summed E-state index contributed by atoms with van der Waals surface area (Å²) in [7, 11) is 0. The lowest BCUT2D eigenvalue weighted by Crippen LogP contribution is -2.14. The molecule has 0 spiro atoms. The monoisotopic (exact) mass is 381 g/mol. The summed E-state index contributed by atoms with van der Waals surface area (Å²) < 4.78 is 26.6. The molecule has 0 unspecified atom stereocenters. The van der Waals surface area contributed by atoms with E-state index in [1.165, 1.54) is 43.9 Å². The molecular formula is C25H29F2N. The van der Waals surface area contributed by atoms with E-state index in [1.54, 1.807) is 6.07 Å². The predicted octanol–water partition coefficient (Wildman–Crippen LogP) is 7.24. The van der Waals surface area contributed by atoms with E-state index < -0.39 is 11.6 Å². The molecule has 0 heterocycles. The first-order valence-corrected chi connectivity index (χ1v) is 10.5. The number of nitrogens with zero attached hydrogens (tertiary/aromatic N) is 1. The van der Waals surface area contributed by atoms with Gasteiger partial charge in [-0.25, -0.2) is 8.78 Å². The Morgan fingerprint density at radius 2 is 1.32 bits per heavy atom. The normalized spacial score (nSPS) is 28.9. The molecule has 148 valence electrons. The van der Waals surface area contributed by atoms with Crippen LogP contribution in [0.25, 0.3) is 0 Å². The Morgan fingerprint density at radius 3 is 1.89 bits per heavy atom. The molecule has 0 aliphatic heterocycles. The fraction of sp³-hybridized carbons (Fsp3) is 0.480. The number of hydrogen-bond acceptors (Lipinski definition) is 1. The van der Waals surface area contributed by atoms with E-state index in [9.17, 15) is 8.78 Å². The van der Waals surface area contributed by atoms with Crippen molar-refractivity contribution in [3.8, 4) is 6.07 Å². The van der Waals surface area contributed by atoms with Crippen molar-refractivity contribution in [2.45, 2.75) is 57.3 Å². The minimum Gasteiger partial charge on any atom is -0.204 e. The van der Waals surface area contributed by atoms with Gasteiger partial charge >= 0.3 is 0 Å². The maximum Gasteiger partial charge on any atom is 0.159 e.